The van der Waals surface area contributed by atoms with Gasteiger partial charge in [-0.25, -0.2) is 9.67 Å². The number of allylic oxidation sites excluding steroid dienone is 3. The van der Waals surface area contributed by atoms with Crippen LogP contribution < -0.4 is 4.90 Å². The summed E-state index contributed by atoms with van der Waals surface area (Å²) in [5.41, 5.74) is 0.279. The van der Waals surface area contributed by atoms with Crippen LogP contribution in [-0.2, 0) is 11.0 Å². The highest BCUT2D eigenvalue weighted by molar-refractivity contribution is 7.99. The summed E-state index contributed by atoms with van der Waals surface area (Å²) in [6.07, 6.45) is 2.92. The van der Waals surface area contributed by atoms with E-state index in [1.807, 2.05) is 6.92 Å². The number of amides is 1. The molecule has 0 aromatic carbocycles. The molecule has 12 heteroatoms. The molecule has 0 radical (unpaired) electrons. The second kappa shape index (κ2) is 11.5. The number of rotatable bonds is 9. The zero-order valence-corrected chi connectivity index (χ0v) is 19.6. The molecule has 1 amide bonds. The van der Waals surface area contributed by atoms with Crippen molar-refractivity contribution in [2.24, 2.45) is 4.99 Å². The van der Waals surface area contributed by atoms with Crippen LogP contribution >= 0.6 is 35.0 Å². The molecule has 0 aliphatic carbocycles. The molecule has 0 aliphatic heterocycles. The fourth-order valence-electron chi connectivity index (χ4n) is 2.56. The van der Waals surface area contributed by atoms with Crippen molar-refractivity contribution >= 4 is 59.0 Å². The Hall–Kier alpha value is -2.30. The van der Waals surface area contributed by atoms with Crippen LogP contribution in [0.5, 0.6) is 0 Å². The fraction of sp³-hybridized carbons (Fsp3) is 0.300. The highest BCUT2D eigenvalue weighted by Crippen LogP contribution is 2.34. The zero-order chi connectivity index (χ0) is 23.9. The van der Waals surface area contributed by atoms with Crippen LogP contribution in [0.25, 0.3) is 5.70 Å². The normalized spacial score (nSPS) is 12.4. The van der Waals surface area contributed by atoms with Crippen LogP contribution in [0.15, 0.2) is 46.8 Å². The van der Waals surface area contributed by atoms with Crippen molar-refractivity contribution < 1.29 is 18.0 Å². The molecule has 172 valence electrons. The average Bonchev–Trinajstić information content (AvgIpc) is 3.10. The second-order valence-corrected chi connectivity index (χ2v) is 8.18. The number of aliphatic imine (C=N–C) groups is 1. The van der Waals surface area contributed by atoms with Gasteiger partial charge in [-0.05, 0) is 38.8 Å². The second-order valence-electron chi connectivity index (χ2n) is 6.33. The number of alkyl halides is 3. The van der Waals surface area contributed by atoms with Gasteiger partial charge in [-0.1, -0.05) is 23.2 Å². The van der Waals surface area contributed by atoms with Gasteiger partial charge >= 0.3 is 6.18 Å². The molecule has 2 aromatic heterocycles. The van der Waals surface area contributed by atoms with E-state index in [-0.39, 0.29) is 33.3 Å². The van der Waals surface area contributed by atoms with Gasteiger partial charge in [-0.3, -0.25) is 9.79 Å². The molecule has 2 aromatic rings. The van der Waals surface area contributed by atoms with Crippen molar-refractivity contribution in [3.63, 3.8) is 0 Å². The Morgan fingerprint density at radius 1 is 1.41 bits per heavy atom. The Balaban J connectivity index is 2.06. The van der Waals surface area contributed by atoms with Crippen LogP contribution in [0.1, 0.15) is 25.8 Å². The van der Waals surface area contributed by atoms with Crippen LogP contribution in [0, 0.1) is 0 Å². The van der Waals surface area contributed by atoms with Gasteiger partial charge in [0.2, 0.25) is 5.91 Å². The lowest BCUT2D eigenvalue weighted by molar-refractivity contribution is -0.137. The molecule has 0 atom stereocenters. The quantitative estimate of drug-likeness (QED) is 0.230. The van der Waals surface area contributed by atoms with Gasteiger partial charge in [0.05, 0.1) is 16.8 Å². The average molecular weight is 506 g/mol. The van der Waals surface area contributed by atoms with E-state index in [2.05, 4.69) is 21.8 Å². The number of thioether (sulfide) groups is 1. The number of halogens is 5. The van der Waals surface area contributed by atoms with Crippen molar-refractivity contribution in [2.75, 3.05) is 17.2 Å². The van der Waals surface area contributed by atoms with Crippen molar-refractivity contribution in [3.8, 4) is 0 Å². The largest absolute Gasteiger partial charge is 0.417 e. The third kappa shape index (κ3) is 6.85. The van der Waals surface area contributed by atoms with Gasteiger partial charge in [0.25, 0.3) is 0 Å². The summed E-state index contributed by atoms with van der Waals surface area (Å²) < 4.78 is 39.7. The maximum atomic E-state index is 12.7. The maximum Gasteiger partial charge on any atom is 0.417 e. The van der Waals surface area contributed by atoms with Crippen molar-refractivity contribution in [3.05, 3.63) is 52.6 Å². The number of hydrogen-bond donors (Lipinski definition) is 0. The number of nitrogens with zero attached hydrogens (tertiary/aromatic N) is 5. The molecule has 0 spiro atoms. The predicted molar refractivity (Wildman–Crippen MR) is 123 cm³/mol. The molecular formula is C20H20Cl2F3N5OS. The molecule has 0 N–H and O–H groups in total. The molecule has 6 nitrogen and oxygen atoms in total. The van der Waals surface area contributed by atoms with Crippen molar-refractivity contribution in [1.82, 2.24) is 14.8 Å². The van der Waals surface area contributed by atoms with Gasteiger partial charge in [0.1, 0.15) is 10.7 Å². The topological polar surface area (TPSA) is 63.4 Å². The van der Waals surface area contributed by atoms with Crippen LogP contribution in [0.3, 0.4) is 0 Å². The smallest absolute Gasteiger partial charge is 0.308 e. The van der Waals surface area contributed by atoms with Crippen molar-refractivity contribution in [2.45, 2.75) is 31.5 Å². The molecular weight excluding hydrogens is 486 g/mol. The molecule has 0 fully saturated rings. The van der Waals surface area contributed by atoms with E-state index < -0.39 is 11.7 Å². The first-order chi connectivity index (χ1) is 15.1. The lowest BCUT2D eigenvalue weighted by atomic mass is 10.3. The third-order valence-corrected chi connectivity index (χ3v) is 5.82. The van der Waals surface area contributed by atoms with Gasteiger partial charge in [0.15, 0.2) is 5.15 Å². The zero-order valence-electron chi connectivity index (χ0n) is 17.2. The molecule has 2 rings (SSSR count). The Morgan fingerprint density at radius 3 is 2.72 bits per heavy atom. The summed E-state index contributed by atoms with van der Waals surface area (Å²) in [6.45, 7) is 7.33. The molecule has 2 heterocycles. The minimum Gasteiger partial charge on any atom is -0.308 e. The van der Waals surface area contributed by atoms with Gasteiger partial charge in [-0.2, -0.15) is 18.3 Å². The number of hydrogen-bond acceptors (Lipinski definition) is 5. The first-order valence-electron chi connectivity index (χ1n) is 9.29. The first-order valence-corrected chi connectivity index (χ1v) is 11.0. The van der Waals surface area contributed by atoms with Gasteiger partial charge < -0.3 is 4.90 Å². The molecule has 0 unspecified atom stereocenters. The highest BCUT2D eigenvalue weighted by atomic mass is 35.5. The predicted octanol–water partition coefficient (Wildman–Crippen LogP) is 6.21. The minimum absolute atomic E-state index is 0.0988. The summed E-state index contributed by atoms with van der Waals surface area (Å²) in [5.74, 6) is 0.0548. The number of pyridine rings is 1. The summed E-state index contributed by atoms with van der Waals surface area (Å²) in [5, 5.41) is 4.50. The fourth-order valence-corrected chi connectivity index (χ4v) is 3.92. The van der Waals surface area contributed by atoms with E-state index in [9.17, 15) is 18.0 Å². The summed E-state index contributed by atoms with van der Waals surface area (Å²) in [7, 11) is 0. The first kappa shape index (κ1) is 26.0. The van der Waals surface area contributed by atoms with Gasteiger partial charge in [0, 0.05) is 36.8 Å². The lowest BCUT2D eigenvalue weighted by Gasteiger charge is -2.19. The van der Waals surface area contributed by atoms with Crippen LogP contribution in [0.2, 0.25) is 10.2 Å². The monoisotopic (exact) mass is 505 g/mol. The van der Waals surface area contributed by atoms with E-state index in [1.54, 1.807) is 30.0 Å². The summed E-state index contributed by atoms with van der Waals surface area (Å²) >= 11 is 13.3. The number of carbonyl (C=O) groups is 1. The lowest BCUT2D eigenvalue weighted by Crippen LogP contribution is -2.30. The summed E-state index contributed by atoms with van der Waals surface area (Å²) in [4.78, 5) is 21.6. The van der Waals surface area contributed by atoms with Gasteiger partial charge in [-0.15, -0.1) is 11.8 Å². The number of carbonyl (C=O) groups excluding carboxylic acids is 1. The van der Waals surface area contributed by atoms with Crippen LogP contribution in [0.4, 0.5) is 18.9 Å². The Kier molecular flexibility index (Phi) is 9.35. The summed E-state index contributed by atoms with van der Waals surface area (Å²) in [6, 6.07) is 0.821. The Bertz CT molecular complexity index is 1040. The maximum absolute atomic E-state index is 12.7. The van der Waals surface area contributed by atoms with Crippen LogP contribution in [-0.4, -0.2) is 39.7 Å². The number of anilines is 1. The van der Waals surface area contributed by atoms with E-state index in [0.29, 0.717) is 12.2 Å². The van der Waals surface area contributed by atoms with Crippen molar-refractivity contribution in [1.29, 1.82) is 0 Å². The van der Waals surface area contributed by atoms with E-state index >= 15 is 0 Å². The molecule has 0 saturated heterocycles. The van der Waals surface area contributed by atoms with E-state index in [0.717, 1.165) is 29.7 Å². The SMILES string of the molecule is C=N/C=C\C=C(/C)n1cc(N(CC)C(=O)CCSc2ncc(C(F)(F)F)cc2Cl)c(Cl)n1. The molecule has 0 aliphatic rings. The van der Waals surface area contributed by atoms with E-state index in [4.69, 9.17) is 23.2 Å². The standard InChI is InChI=1S/C20H20Cl2F3N5OS/c1-4-29(16-12-30(28-18(16)22)13(2)6-5-8-26-3)17(31)7-9-32-19-15(21)10-14(11-27-19)20(23,24)25/h5-6,8,10-12H,3-4,7,9H2,1-2H3/b8-5-,13-6+. The third-order valence-electron chi connectivity index (χ3n) is 4.14. The molecule has 32 heavy (non-hydrogen) atoms. The highest BCUT2D eigenvalue weighted by Gasteiger charge is 2.31. The Morgan fingerprint density at radius 2 is 2.12 bits per heavy atom. The Labute approximate surface area is 197 Å². The van der Waals surface area contributed by atoms with E-state index in [1.165, 1.54) is 11.1 Å². The number of aromatic nitrogens is 3. The molecule has 0 saturated carbocycles. The minimum atomic E-state index is -4.52. The molecule has 0 bridgehead atoms.